The Morgan fingerprint density at radius 3 is 2.82 bits per heavy atom. The number of thiophene rings is 1. The van der Waals surface area contributed by atoms with Crippen LogP contribution in [0.2, 0.25) is 4.34 Å². The van der Waals surface area contributed by atoms with Gasteiger partial charge in [0.2, 0.25) is 5.91 Å². The first kappa shape index (κ1) is 14.5. The molecular formula is C12H19ClN2OS. The van der Waals surface area contributed by atoms with Gasteiger partial charge in [-0.25, -0.2) is 0 Å². The van der Waals surface area contributed by atoms with Gasteiger partial charge >= 0.3 is 0 Å². The van der Waals surface area contributed by atoms with E-state index in [1.54, 1.807) is 4.90 Å². The van der Waals surface area contributed by atoms with Crippen molar-refractivity contribution in [3.8, 4) is 0 Å². The van der Waals surface area contributed by atoms with Gasteiger partial charge < -0.3 is 10.2 Å². The van der Waals surface area contributed by atoms with Crippen molar-refractivity contribution in [1.82, 2.24) is 10.2 Å². The lowest BCUT2D eigenvalue weighted by Crippen LogP contribution is -2.36. The SMILES string of the molecule is CCNCC(C)C(=O)N(C)Cc1ccc(Cl)s1. The average Bonchev–Trinajstić information content (AvgIpc) is 2.70. The summed E-state index contributed by atoms with van der Waals surface area (Å²) in [6, 6.07) is 3.83. The van der Waals surface area contributed by atoms with Crippen LogP contribution in [0.1, 0.15) is 18.7 Å². The minimum Gasteiger partial charge on any atom is -0.340 e. The zero-order valence-corrected chi connectivity index (χ0v) is 12.1. The van der Waals surface area contributed by atoms with Crippen LogP contribution in [0.5, 0.6) is 0 Å². The smallest absolute Gasteiger partial charge is 0.226 e. The summed E-state index contributed by atoms with van der Waals surface area (Å²) in [6.07, 6.45) is 0. The zero-order valence-electron chi connectivity index (χ0n) is 10.5. The molecule has 0 aliphatic rings. The van der Waals surface area contributed by atoms with Crippen LogP contribution in [-0.4, -0.2) is 30.9 Å². The van der Waals surface area contributed by atoms with Gasteiger partial charge in [-0.3, -0.25) is 4.79 Å². The van der Waals surface area contributed by atoms with Gasteiger partial charge in [-0.15, -0.1) is 11.3 Å². The molecule has 1 rings (SSSR count). The van der Waals surface area contributed by atoms with Crippen LogP contribution in [0.25, 0.3) is 0 Å². The van der Waals surface area contributed by atoms with Crippen molar-refractivity contribution in [1.29, 1.82) is 0 Å². The molecule has 0 saturated carbocycles. The molecule has 1 unspecified atom stereocenters. The van der Waals surface area contributed by atoms with E-state index in [9.17, 15) is 4.79 Å². The highest BCUT2D eigenvalue weighted by atomic mass is 35.5. The van der Waals surface area contributed by atoms with E-state index < -0.39 is 0 Å². The van der Waals surface area contributed by atoms with Gasteiger partial charge in [0, 0.05) is 24.4 Å². The summed E-state index contributed by atoms with van der Waals surface area (Å²) in [5, 5.41) is 3.19. The van der Waals surface area contributed by atoms with Gasteiger partial charge in [0.15, 0.2) is 0 Å². The Morgan fingerprint density at radius 1 is 1.59 bits per heavy atom. The van der Waals surface area contributed by atoms with Crippen LogP contribution >= 0.6 is 22.9 Å². The quantitative estimate of drug-likeness (QED) is 0.865. The van der Waals surface area contributed by atoms with E-state index in [4.69, 9.17) is 11.6 Å². The molecule has 1 amide bonds. The fraction of sp³-hybridized carbons (Fsp3) is 0.583. The van der Waals surface area contributed by atoms with E-state index in [0.29, 0.717) is 6.54 Å². The maximum absolute atomic E-state index is 12.0. The van der Waals surface area contributed by atoms with Gasteiger partial charge in [-0.2, -0.15) is 0 Å². The molecule has 0 saturated heterocycles. The van der Waals surface area contributed by atoms with Crippen LogP contribution in [0, 0.1) is 5.92 Å². The fourth-order valence-corrected chi connectivity index (χ4v) is 2.71. The number of nitrogens with one attached hydrogen (secondary N) is 1. The van der Waals surface area contributed by atoms with Crippen molar-refractivity contribution in [3.63, 3.8) is 0 Å². The number of carbonyl (C=O) groups is 1. The molecule has 17 heavy (non-hydrogen) atoms. The number of carbonyl (C=O) groups excluding carboxylic acids is 1. The zero-order chi connectivity index (χ0) is 12.8. The van der Waals surface area contributed by atoms with Gasteiger partial charge in [-0.1, -0.05) is 25.4 Å². The first-order valence-electron chi connectivity index (χ1n) is 5.74. The molecule has 0 spiro atoms. The molecule has 5 heteroatoms. The number of hydrogen-bond donors (Lipinski definition) is 1. The van der Waals surface area contributed by atoms with Crippen molar-refractivity contribution in [2.75, 3.05) is 20.1 Å². The second kappa shape index (κ2) is 6.99. The van der Waals surface area contributed by atoms with Crippen molar-refractivity contribution in [2.24, 2.45) is 5.92 Å². The third-order valence-corrected chi connectivity index (χ3v) is 3.74. The molecule has 0 radical (unpaired) electrons. The third kappa shape index (κ3) is 4.66. The first-order valence-corrected chi connectivity index (χ1v) is 6.94. The minimum atomic E-state index is 0.00961. The van der Waals surface area contributed by atoms with Crippen molar-refractivity contribution < 1.29 is 4.79 Å². The first-order chi connectivity index (χ1) is 8.04. The van der Waals surface area contributed by atoms with E-state index in [-0.39, 0.29) is 11.8 Å². The Hall–Kier alpha value is -0.580. The Kier molecular flexibility index (Phi) is 5.95. The number of nitrogens with zero attached hydrogens (tertiary/aromatic N) is 1. The lowest BCUT2D eigenvalue weighted by molar-refractivity contribution is -0.134. The fourth-order valence-electron chi connectivity index (χ4n) is 1.57. The molecule has 0 bridgehead atoms. The molecule has 0 fully saturated rings. The molecule has 1 heterocycles. The van der Waals surface area contributed by atoms with Crippen LogP contribution in [0.4, 0.5) is 0 Å². The van der Waals surface area contributed by atoms with E-state index in [2.05, 4.69) is 5.32 Å². The molecule has 0 aromatic carbocycles. The van der Waals surface area contributed by atoms with Crippen molar-refractivity contribution >= 4 is 28.8 Å². The summed E-state index contributed by atoms with van der Waals surface area (Å²) in [5.41, 5.74) is 0. The molecule has 0 aliphatic heterocycles. The van der Waals surface area contributed by atoms with Crippen LogP contribution in [0.3, 0.4) is 0 Å². The molecule has 1 aromatic heterocycles. The largest absolute Gasteiger partial charge is 0.340 e. The summed E-state index contributed by atoms with van der Waals surface area (Å²) in [4.78, 5) is 14.9. The lowest BCUT2D eigenvalue weighted by atomic mass is 10.1. The standard InChI is InChI=1S/C12H19ClN2OS/c1-4-14-7-9(2)12(16)15(3)8-10-5-6-11(13)17-10/h5-6,9,14H,4,7-8H2,1-3H3. The third-order valence-electron chi connectivity index (χ3n) is 2.52. The minimum absolute atomic E-state index is 0.00961. The highest BCUT2D eigenvalue weighted by Crippen LogP contribution is 2.22. The maximum Gasteiger partial charge on any atom is 0.226 e. The lowest BCUT2D eigenvalue weighted by Gasteiger charge is -2.20. The molecule has 1 N–H and O–H groups in total. The van der Waals surface area contributed by atoms with Crippen molar-refractivity contribution in [2.45, 2.75) is 20.4 Å². The van der Waals surface area contributed by atoms with Gasteiger partial charge in [0.05, 0.1) is 10.9 Å². The Balaban J connectivity index is 2.46. The molecular weight excluding hydrogens is 256 g/mol. The Labute approximate surface area is 112 Å². The van der Waals surface area contributed by atoms with E-state index in [1.165, 1.54) is 11.3 Å². The predicted octanol–water partition coefficient (Wildman–Crippen LogP) is 2.61. The van der Waals surface area contributed by atoms with Crippen LogP contribution < -0.4 is 5.32 Å². The summed E-state index contributed by atoms with van der Waals surface area (Å²) in [7, 11) is 1.83. The number of halogens is 1. The van der Waals surface area contributed by atoms with Gasteiger partial charge in [0.25, 0.3) is 0 Å². The number of hydrogen-bond acceptors (Lipinski definition) is 3. The average molecular weight is 275 g/mol. The van der Waals surface area contributed by atoms with Crippen LogP contribution in [-0.2, 0) is 11.3 Å². The number of rotatable bonds is 6. The highest BCUT2D eigenvalue weighted by molar-refractivity contribution is 7.16. The monoisotopic (exact) mass is 274 g/mol. The molecule has 3 nitrogen and oxygen atoms in total. The maximum atomic E-state index is 12.0. The van der Waals surface area contributed by atoms with E-state index >= 15 is 0 Å². The second-order valence-corrected chi connectivity index (χ2v) is 5.91. The second-order valence-electron chi connectivity index (χ2n) is 4.11. The Bertz CT molecular complexity index is 367. The van der Waals surface area contributed by atoms with Gasteiger partial charge in [-0.05, 0) is 18.7 Å². The molecule has 1 atom stereocenters. The van der Waals surface area contributed by atoms with Gasteiger partial charge in [0.1, 0.15) is 0 Å². The number of amides is 1. The summed E-state index contributed by atoms with van der Waals surface area (Å²) < 4.78 is 0.765. The van der Waals surface area contributed by atoms with E-state index in [0.717, 1.165) is 22.3 Å². The molecule has 0 aliphatic carbocycles. The Morgan fingerprint density at radius 2 is 2.29 bits per heavy atom. The predicted molar refractivity (Wildman–Crippen MR) is 73.5 cm³/mol. The van der Waals surface area contributed by atoms with E-state index in [1.807, 2.05) is 33.0 Å². The van der Waals surface area contributed by atoms with Crippen LogP contribution in [0.15, 0.2) is 12.1 Å². The van der Waals surface area contributed by atoms with Crippen molar-refractivity contribution in [3.05, 3.63) is 21.3 Å². The molecule has 96 valence electrons. The normalized spacial score (nSPS) is 12.5. The summed E-state index contributed by atoms with van der Waals surface area (Å²) >= 11 is 7.38. The highest BCUT2D eigenvalue weighted by Gasteiger charge is 2.17. The summed E-state index contributed by atoms with van der Waals surface area (Å²) in [6.45, 7) is 6.23. The topological polar surface area (TPSA) is 32.3 Å². The molecule has 1 aromatic rings. The summed E-state index contributed by atoms with van der Waals surface area (Å²) in [5.74, 6) is 0.172.